The number of carbonyl (C=O) groups is 1. The van der Waals surface area contributed by atoms with Crippen molar-refractivity contribution < 1.29 is 83.2 Å². The summed E-state index contributed by atoms with van der Waals surface area (Å²) in [5.74, 6) is 8.68. The molecule has 0 fully saturated rings. The Kier molecular flexibility index (Phi) is 20.0. The summed E-state index contributed by atoms with van der Waals surface area (Å²) < 4.78 is 71.9. The van der Waals surface area contributed by atoms with Crippen LogP contribution in [0.15, 0.2) is 157 Å². The van der Waals surface area contributed by atoms with Gasteiger partial charge in [-0.05, 0) is 158 Å². The van der Waals surface area contributed by atoms with Gasteiger partial charge in [0.05, 0.1) is 76.3 Å². The third kappa shape index (κ3) is 12.7. The number of alkyl halides is 1. The van der Waals surface area contributed by atoms with Gasteiger partial charge in [-0.25, -0.2) is 0 Å². The number of pyridine rings is 2. The summed E-state index contributed by atoms with van der Waals surface area (Å²) in [4.78, 5) is 28.4. The van der Waals surface area contributed by atoms with E-state index in [1.54, 1.807) is 49.6 Å². The first-order chi connectivity index (χ1) is 50.2. The van der Waals surface area contributed by atoms with Gasteiger partial charge in [-0.2, -0.15) is 4.57 Å². The first-order valence-electron chi connectivity index (χ1n) is 34.4. The molecule has 0 radical (unpaired) electrons. The van der Waals surface area contributed by atoms with E-state index in [-0.39, 0.29) is 54.7 Å². The van der Waals surface area contributed by atoms with Gasteiger partial charge >= 0.3 is 0 Å². The molecule has 1 unspecified atom stereocenters. The Bertz CT molecular complexity index is 5340. The van der Waals surface area contributed by atoms with E-state index in [1.807, 2.05) is 53.1 Å². The van der Waals surface area contributed by atoms with Gasteiger partial charge in [0, 0.05) is 70.0 Å². The molecule has 0 saturated heterocycles. The Morgan fingerprint density at radius 3 is 1.64 bits per heavy atom. The van der Waals surface area contributed by atoms with Crippen molar-refractivity contribution in [2.75, 3.05) is 69.6 Å². The SMILES string of the molecule is COc1ccc2c(-c3cccc(C)c3)c3[n+](cc2c1OC)CCc1cc2c(cc1-3)OCO2.COc1ccc2c(-c3cccc(C)c3)c3n(c(=O)c2c1OC)CCc1cc2c(cc1-3)OCO2.COc1ccc2c(c1OC)C(CC(C)=O)N1CCc3cc4c(cc3C1=C2)OCO4.Cc1ccccc1CBr.[Br-]. The number of hydrogen-bond acceptors (Lipinski definition) is 15. The lowest BCUT2D eigenvalue weighted by atomic mass is 9.84. The molecule has 2 aromatic heterocycles. The van der Waals surface area contributed by atoms with Crippen LogP contribution < -0.4 is 84.0 Å². The van der Waals surface area contributed by atoms with Crippen molar-refractivity contribution in [3.63, 3.8) is 0 Å². The van der Waals surface area contributed by atoms with Crippen LogP contribution in [0.4, 0.5) is 0 Å². The summed E-state index contributed by atoms with van der Waals surface area (Å²) in [5.41, 5.74) is 21.6. The number of carbonyl (C=O) groups excluding carboxylic acids is 1. The zero-order chi connectivity index (χ0) is 71.3. The molecular weight excluding hydrogens is 1450 g/mol. The highest BCUT2D eigenvalue weighted by Gasteiger charge is 2.39. The molecule has 7 aliphatic heterocycles. The lowest BCUT2D eigenvalue weighted by Gasteiger charge is -2.43. The van der Waals surface area contributed by atoms with Gasteiger partial charge in [0.1, 0.15) is 5.78 Å². The van der Waals surface area contributed by atoms with Crippen molar-refractivity contribution in [3.8, 4) is 114 Å². The average Bonchev–Trinajstić information content (AvgIpc) is 0.842. The Labute approximate surface area is 622 Å². The third-order valence-corrected chi connectivity index (χ3v) is 20.9. The number of aryl methyl sites for hydroxylation is 6. The zero-order valence-corrected chi connectivity index (χ0v) is 62.9. The monoisotopic (exact) mass is 1520 g/mol. The van der Waals surface area contributed by atoms with E-state index in [2.05, 4.69) is 156 Å². The van der Waals surface area contributed by atoms with Crippen LogP contribution >= 0.6 is 15.9 Å². The van der Waals surface area contributed by atoms with E-state index in [1.165, 1.54) is 50.2 Å². The molecule has 11 aromatic rings. The van der Waals surface area contributed by atoms with Gasteiger partial charge in [-0.3, -0.25) is 9.59 Å². The van der Waals surface area contributed by atoms with Crippen LogP contribution in [-0.4, -0.2) is 84.8 Å². The second kappa shape index (κ2) is 29.6. The minimum absolute atomic E-state index is 0. The predicted octanol–water partition coefficient (Wildman–Crippen LogP) is 13.7. The van der Waals surface area contributed by atoms with Crippen LogP contribution in [0.25, 0.3) is 78.1 Å². The molecule has 7 aliphatic rings. The molecule has 0 amide bonds. The maximum Gasteiger partial charge on any atom is 0.262 e. The normalized spacial score (nSPS) is 14.4. The highest BCUT2D eigenvalue weighted by molar-refractivity contribution is 9.08. The zero-order valence-electron chi connectivity index (χ0n) is 59.7. The minimum atomic E-state index is -0.105. The molecule has 0 aliphatic carbocycles. The van der Waals surface area contributed by atoms with Gasteiger partial charge in [0.2, 0.25) is 26.1 Å². The smallest absolute Gasteiger partial charge is 0.262 e. The summed E-state index contributed by atoms with van der Waals surface area (Å²) in [6, 6.07) is 49.7. The number of methoxy groups -OCH3 is 6. The topological polar surface area (TPSA) is 157 Å². The Morgan fingerprint density at radius 2 is 1.07 bits per heavy atom. The second-order valence-corrected chi connectivity index (χ2v) is 26.9. The van der Waals surface area contributed by atoms with Crippen LogP contribution in [-0.2, 0) is 42.5 Å². The number of ether oxygens (including phenoxy) is 12. The van der Waals surface area contributed by atoms with E-state index in [4.69, 9.17) is 56.8 Å². The summed E-state index contributed by atoms with van der Waals surface area (Å²) in [6.07, 6.45) is 7.30. The highest BCUT2D eigenvalue weighted by Crippen LogP contribution is 2.53. The van der Waals surface area contributed by atoms with E-state index < -0.39 is 0 Å². The molecule has 0 bridgehead atoms. The maximum absolute atomic E-state index is 13.9. The lowest BCUT2D eigenvalue weighted by molar-refractivity contribution is -0.685. The van der Waals surface area contributed by atoms with Crippen LogP contribution in [0.2, 0.25) is 0 Å². The number of fused-ring (bicyclic) bond motifs is 15. The van der Waals surface area contributed by atoms with Crippen molar-refractivity contribution in [2.45, 2.75) is 77.8 Å². The number of benzene rings is 9. The molecule has 9 heterocycles. The highest BCUT2D eigenvalue weighted by atomic mass is 79.9. The standard InChI is InChI=1S/C27H23NO5.C27H24NO4.C23H23NO5.C8H9Br.BrH/c1-15-5-4-6-17(11-15)23-18-7-8-20(30-2)26(31-3)24(18)27(29)28-10-9-16-12-21-22(33-14-32-21)13-19(16)25(23)28;1-16-5-4-6-18(11-16)25-19-7-8-22(29-2)27(30-3)21(19)14-28-10-9-17-12-23-24(32-15-31-23)13-20(17)26(25)28;1-13(25)8-18-22-15(4-5-19(26-2)23(22)27-3)9-17-16-11-21-20(28-12-29-21)10-14(16)6-7-24(17)18;1-7-4-2-3-5-8(7)6-9;/h4-8,11-13H,9-10,14H2,1-3H3;4-8,11-14H,9-10,15H2,1-3H3;4-5,9-11,18H,6-8,12H2,1-3H3;2-5H,6H2,1H3;1H/q;+1;;;/p-1. The molecule has 532 valence electrons. The summed E-state index contributed by atoms with van der Waals surface area (Å²) >= 11 is 3.41. The van der Waals surface area contributed by atoms with Crippen molar-refractivity contribution >= 4 is 55.0 Å². The number of hydrogen-bond donors (Lipinski definition) is 0. The van der Waals surface area contributed by atoms with Gasteiger partial charge < -0.3 is 83.3 Å². The van der Waals surface area contributed by atoms with Crippen LogP contribution in [0.1, 0.15) is 75.0 Å². The summed E-state index contributed by atoms with van der Waals surface area (Å²) in [6.45, 7) is 11.0. The molecule has 0 spiro atoms. The fraction of sp³-hybridized carbons (Fsp3) is 0.259. The number of halogens is 2. The summed E-state index contributed by atoms with van der Waals surface area (Å²) in [5, 5.41) is 4.49. The molecule has 18 rings (SSSR count). The molecule has 0 N–H and O–H groups in total. The Morgan fingerprint density at radius 1 is 0.538 bits per heavy atom. The number of rotatable bonds is 11. The van der Waals surface area contributed by atoms with E-state index in [0.29, 0.717) is 47.1 Å². The first kappa shape index (κ1) is 70.4. The largest absolute Gasteiger partial charge is 1.00 e. The quantitative estimate of drug-likeness (QED) is 0.0889. The lowest BCUT2D eigenvalue weighted by Crippen LogP contribution is -3.00. The van der Waals surface area contributed by atoms with Crippen molar-refractivity contribution in [3.05, 3.63) is 218 Å². The molecular formula is C85H79Br2N3O14. The predicted molar refractivity (Wildman–Crippen MR) is 402 cm³/mol. The average molecular weight is 1530 g/mol. The first-order valence-corrected chi connectivity index (χ1v) is 35.5. The van der Waals surface area contributed by atoms with Crippen LogP contribution in [0.5, 0.6) is 69.0 Å². The fourth-order valence-corrected chi connectivity index (χ4v) is 16.1. The molecule has 9 aromatic carbocycles. The van der Waals surface area contributed by atoms with E-state index >= 15 is 0 Å². The van der Waals surface area contributed by atoms with Crippen LogP contribution in [0, 0.1) is 20.8 Å². The van der Waals surface area contributed by atoms with Crippen molar-refractivity contribution in [1.29, 1.82) is 0 Å². The van der Waals surface area contributed by atoms with Crippen LogP contribution in [0.3, 0.4) is 0 Å². The van der Waals surface area contributed by atoms with Gasteiger partial charge in [0.15, 0.2) is 81.7 Å². The molecule has 0 saturated carbocycles. The molecule has 17 nitrogen and oxygen atoms in total. The van der Waals surface area contributed by atoms with Gasteiger partial charge in [0.25, 0.3) is 5.56 Å². The number of ketones is 1. The van der Waals surface area contributed by atoms with Crippen molar-refractivity contribution in [2.24, 2.45) is 0 Å². The van der Waals surface area contributed by atoms with Gasteiger partial charge in [-0.15, -0.1) is 0 Å². The molecule has 104 heavy (non-hydrogen) atoms. The Hall–Kier alpha value is -10.6. The summed E-state index contributed by atoms with van der Waals surface area (Å²) in [7, 11) is 9.81. The van der Waals surface area contributed by atoms with Crippen molar-refractivity contribution in [1.82, 2.24) is 9.47 Å². The van der Waals surface area contributed by atoms with E-state index in [9.17, 15) is 9.59 Å². The number of nitrogens with zero attached hydrogens (tertiary/aromatic N) is 3. The maximum atomic E-state index is 13.9. The van der Waals surface area contributed by atoms with Gasteiger partial charge in [-0.1, -0.05) is 106 Å². The number of Topliss-reactive ketones (excluding diaryl/α,β-unsaturated/α-hetero) is 1. The second-order valence-electron chi connectivity index (χ2n) is 26.3. The van der Waals surface area contributed by atoms with E-state index in [0.717, 1.165) is 150 Å². The molecule has 19 heteroatoms. The minimum Gasteiger partial charge on any atom is -1.00 e. The Balaban J connectivity index is 0.000000124. The number of aromatic nitrogens is 2. The fourth-order valence-electron chi connectivity index (χ4n) is 15.5. The molecule has 1 atom stereocenters. The third-order valence-electron chi connectivity index (χ3n) is 20.3.